The van der Waals surface area contributed by atoms with Gasteiger partial charge in [0.05, 0.1) is 30.5 Å². The van der Waals surface area contributed by atoms with Crippen molar-refractivity contribution < 1.29 is 10.2 Å². The van der Waals surface area contributed by atoms with E-state index in [1.807, 2.05) is 35.0 Å². The van der Waals surface area contributed by atoms with E-state index >= 15 is 0 Å². The Morgan fingerprint density at radius 2 is 2.13 bits per heavy atom. The predicted molar refractivity (Wildman–Crippen MR) is 59.4 cm³/mol. The van der Waals surface area contributed by atoms with Crippen molar-refractivity contribution >= 4 is 16.6 Å². The van der Waals surface area contributed by atoms with Crippen molar-refractivity contribution in [2.45, 2.75) is 12.6 Å². The molecular weight excluding hydrogens is 192 g/mol. The largest absolute Gasteiger partial charge is 0.397 e. The van der Waals surface area contributed by atoms with E-state index < -0.39 is 6.10 Å². The van der Waals surface area contributed by atoms with E-state index in [1.165, 1.54) is 0 Å². The summed E-state index contributed by atoms with van der Waals surface area (Å²) in [5.41, 5.74) is 7.44. The van der Waals surface area contributed by atoms with Gasteiger partial charge in [0.1, 0.15) is 0 Å². The molecule has 1 atom stereocenters. The average molecular weight is 206 g/mol. The average Bonchev–Trinajstić information content (AvgIpc) is 2.63. The molecule has 80 valence electrons. The zero-order valence-electron chi connectivity index (χ0n) is 8.30. The van der Waals surface area contributed by atoms with Gasteiger partial charge in [0, 0.05) is 11.6 Å². The quantitative estimate of drug-likeness (QED) is 0.643. The molecule has 1 aromatic carbocycles. The first-order chi connectivity index (χ1) is 7.22. The van der Waals surface area contributed by atoms with Crippen molar-refractivity contribution in [2.75, 3.05) is 12.3 Å². The highest BCUT2D eigenvalue weighted by atomic mass is 16.3. The van der Waals surface area contributed by atoms with E-state index in [9.17, 15) is 5.11 Å². The molecule has 1 unspecified atom stereocenters. The van der Waals surface area contributed by atoms with Gasteiger partial charge in [-0.1, -0.05) is 12.1 Å². The fourth-order valence-corrected chi connectivity index (χ4v) is 1.73. The molecule has 2 aromatic rings. The number of fused-ring (bicyclic) bond motifs is 1. The third kappa shape index (κ3) is 1.82. The van der Waals surface area contributed by atoms with E-state index in [2.05, 4.69) is 0 Å². The van der Waals surface area contributed by atoms with Gasteiger partial charge in [0.2, 0.25) is 0 Å². The number of nitrogens with two attached hydrogens (primary N) is 1. The van der Waals surface area contributed by atoms with Gasteiger partial charge < -0.3 is 20.5 Å². The molecular formula is C11H14N2O2. The summed E-state index contributed by atoms with van der Waals surface area (Å²) >= 11 is 0. The maximum Gasteiger partial charge on any atom is 0.0949 e. The van der Waals surface area contributed by atoms with Gasteiger partial charge in [0.25, 0.3) is 0 Å². The highest BCUT2D eigenvalue weighted by Crippen LogP contribution is 2.22. The van der Waals surface area contributed by atoms with Gasteiger partial charge in [-0.15, -0.1) is 0 Å². The number of para-hydroxylation sites is 1. The number of aliphatic hydroxyl groups is 2. The molecule has 4 heteroatoms. The van der Waals surface area contributed by atoms with Crippen LogP contribution in [0.1, 0.15) is 0 Å². The molecule has 0 saturated carbocycles. The summed E-state index contributed by atoms with van der Waals surface area (Å²) in [6.07, 6.45) is 1.11. The minimum atomic E-state index is -0.750. The molecule has 0 aliphatic rings. The molecule has 15 heavy (non-hydrogen) atoms. The van der Waals surface area contributed by atoms with Crippen LogP contribution in [0.25, 0.3) is 10.9 Å². The van der Waals surface area contributed by atoms with E-state index in [0.717, 1.165) is 10.9 Å². The number of hydrogen-bond donors (Lipinski definition) is 3. The smallest absolute Gasteiger partial charge is 0.0949 e. The fourth-order valence-electron chi connectivity index (χ4n) is 1.73. The summed E-state index contributed by atoms with van der Waals surface area (Å²) < 4.78 is 1.85. The molecule has 1 heterocycles. The maximum atomic E-state index is 9.37. The lowest BCUT2D eigenvalue weighted by Crippen LogP contribution is -2.19. The molecule has 4 nitrogen and oxygen atoms in total. The van der Waals surface area contributed by atoms with Crippen molar-refractivity contribution in [2.24, 2.45) is 0 Å². The van der Waals surface area contributed by atoms with Gasteiger partial charge in [-0.2, -0.15) is 0 Å². The Kier molecular flexibility index (Phi) is 2.62. The van der Waals surface area contributed by atoms with Crippen molar-refractivity contribution in [1.82, 2.24) is 4.57 Å². The number of nitrogen functional groups attached to an aromatic ring is 1. The maximum absolute atomic E-state index is 9.37. The van der Waals surface area contributed by atoms with Gasteiger partial charge in [-0.25, -0.2) is 0 Å². The third-order valence-electron chi connectivity index (χ3n) is 2.44. The van der Waals surface area contributed by atoms with E-state index in [-0.39, 0.29) is 6.61 Å². The highest BCUT2D eigenvalue weighted by Gasteiger charge is 2.08. The second kappa shape index (κ2) is 3.92. The SMILES string of the molecule is Nc1cccc2ccn(CC(O)CO)c12. The van der Waals surface area contributed by atoms with Crippen LogP contribution < -0.4 is 5.73 Å². The predicted octanol–water partition coefficient (Wildman–Crippen LogP) is 0.577. The monoisotopic (exact) mass is 206 g/mol. The number of aliphatic hydroxyl groups excluding tert-OH is 2. The van der Waals surface area contributed by atoms with Crippen LogP contribution in [0, 0.1) is 0 Å². The molecule has 0 fully saturated rings. The molecule has 2 rings (SSSR count). The number of rotatable bonds is 3. The molecule has 0 spiro atoms. The molecule has 0 bridgehead atoms. The van der Waals surface area contributed by atoms with Crippen LogP contribution in [-0.4, -0.2) is 27.5 Å². The Hall–Kier alpha value is -1.52. The van der Waals surface area contributed by atoms with Crippen LogP contribution in [0.3, 0.4) is 0 Å². The normalized spacial score (nSPS) is 13.2. The summed E-state index contributed by atoms with van der Waals surface area (Å²) in [6, 6.07) is 7.62. The first-order valence-electron chi connectivity index (χ1n) is 4.84. The second-order valence-electron chi connectivity index (χ2n) is 3.59. The second-order valence-corrected chi connectivity index (χ2v) is 3.59. The lowest BCUT2D eigenvalue weighted by Gasteiger charge is -2.10. The van der Waals surface area contributed by atoms with Crippen molar-refractivity contribution in [3.8, 4) is 0 Å². The van der Waals surface area contributed by atoms with Gasteiger partial charge >= 0.3 is 0 Å². The number of benzene rings is 1. The lowest BCUT2D eigenvalue weighted by atomic mass is 10.2. The Bertz CT molecular complexity index is 465. The molecule has 1 aromatic heterocycles. The summed E-state index contributed by atoms with van der Waals surface area (Å²) in [5.74, 6) is 0. The van der Waals surface area contributed by atoms with Gasteiger partial charge in [-0.3, -0.25) is 0 Å². The van der Waals surface area contributed by atoms with Gasteiger partial charge in [0.15, 0.2) is 0 Å². The van der Waals surface area contributed by atoms with Crippen LogP contribution in [0.15, 0.2) is 30.5 Å². The zero-order valence-corrected chi connectivity index (χ0v) is 8.30. The minimum Gasteiger partial charge on any atom is -0.397 e. The number of aromatic nitrogens is 1. The molecule has 0 aliphatic heterocycles. The first kappa shape index (κ1) is 10.0. The Labute approximate surface area is 87.6 Å². The van der Waals surface area contributed by atoms with Crippen LogP contribution in [0.2, 0.25) is 0 Å². The van der Waals surface area contributed by atoms with Gasteiger partial charge in [-0.05, 0) is 12.1 Å². The number of anilines is 1. The highest BCUT2D eigenvalue weighted by molar-refractivity contribution is 5.90. The van der Waals surface area contributed by atoms with E-state index in [0.29, 0.717) is 12.2 Å². The first-order valence-corrected chi connectivity index (χ1v) is 4.84. The zero-order chi connectivity index (χ0) is 10.8. The summed E-state index contributed by atoms with van der Waals surface area (Å²) in [4.78, 5) is 0. The fraction of sp³-hybridized carbons (Fsp3) is 0.273. The minimum absolute atomic E-state index is 0.244. The van der Waals surface area contributed by atoms with Crippen molar-refractivity contribution in [3.05, 3.63) is 30.5 Å². The molecule has 0 amide bonds. The lowest BCUT2D eigenvalue weighted by molar-refractivity contribution is 0.0822. The summed E-state index contributed by atoms with van der Waals surface area (Å²) in [6.45, 7) is 0.112. The Morgan fingerprint density at radius 3 is 2.87 bits per heavy atom. The molecule has 0 saturated heterocycles. The topological polar surface area (TPSA) is 71.4 Å². The number of hydrogen-bond acceptors (Lipinski definition) is 3. The third-order valence-corrected chi connectivity index (χ3v) is 2.44. The molecule has 0 aliphatic carbocycles. The van der Waals surface area contributed by atoms with Crippen molar-refractivity contribution in [3.63, 3.8) is 0 Å². The number of nitrogens with zero attached hydrogens (tertiary/aromatic N) is 1. The molecule has 0 radical (unpaired) electrons. The van der Waals surface area contributed by atoms with Crippen LogP contribution in [0.5, 0.6) is 0 Å². The van der Waals surface area contributed by atoms with Crippen LogP contribution in [0.4, 0.5) is 5.69 Å². The van der Waals surface area contributed by atoms with Crippen LogP contribution in [-0.2, 0) is 6.54 Å². The van der Waals surface area contributed by atoms with E-state index in [1.54, 1.807) is 0 Å². The Balaban J connectivity index is 2.43. The summed E-state index contributed by atoms with van der Waals surface area (Å²) in [7, 11) is 0. The standard InChI is InChI=1S/C11H14N2O2/c12-10-3-1-2-8-4-5-13(11(8)10)6-9(15)7-14/h1-5,9,14-15H,6-7,12H2. The van der Waals surface area contributed by atoms with E-state index in [4.69, 9.17) is 10.8 Å². The Morgan fingerprint density at radius 1 is 1.33 bits per heavy atom. The summed E-state index contributed by atoms with van der Waals surface area (Å²) in [5, 5.41) is 19.2. The molecule has 4 N–H and O–H groups in total. The van der Waals surface area contributed by atoms with Crippen LogP contribution >= 0.6 is 0 Å². The van der Waals surface area contributed by atoms with Crippen molar-refractivity contribution in [1.29, 1.82) is 0 Å².